The van der Waals surface area contributed by atoms with Crippen molar-refractivity contribution in [1.29, 1.82) is 0 Å². The number of benzene rings is 2. The van der Waals surface area contributed by atoms with Crippen LogP contribution in [0.4, 0.5) is 0 Å². The lowest BCUT2D eigenvalue weighted by Gasteiger charge is -2.17. The van der Waals surface area contributed by atoms with Crippen LogP contribution in [0, 0.1) is 0 Å². The fraction of sp³-hybridized carbons (Fsp3) is 0.250. The molecular weight excluding hydrogens is 338 g/mol. The molecule has 0 fully saturated rings. The maximum Gasteiger partial charge on any atom is 0.123 e. The van der Waals surface area contributed by atoms with E-state index in [1.54, 1.807) is 7.11 Å². The Morgan fingerprint density at radius 1 is 1.25 bits per heavy atom. The van der Waals surface area contributed by atoms with E-state index < -0.39 is 0 Å². The lowest BCUT2D eigenvalue weighted by molar-refractivity contribution is 0.401. The number of rotatable bonds is 5. The third-order valence-corrected chi connectivity index (χ3v) is 4.43. The Hall–Kier alpha value is -1.03. The highest BCUT2D eigenvalue weighted by Crippen LogP contribution is 2.26. The van der Waals surface area contributed by atoms with Gasteiger partial charge in [-0.25, -0.2) is 0 Å². The first-order chi connectivity index (χ1) is 9.61. The molecule has 0 aromatic heterocycles. The molecule has 2 rings (SSSR count). The van der Waals surface area contributed by atoms with E-state index in [0.717, 1.165) is 32.9 Å². The van der Waals surface area contributed by atoms with Crippen molar-refractivity contribution in [3.8, 4) is 5.75 Å². The molecule has 0 aliphatic rings. The molecule has 20 heavy (non-hydrogen) atoms. The molecule has 0 amide bonds. The van der Waals surface area contributed by atoms with Crippen molar-refractivity contribution < 1.29 is 4.74 Å². The average molecular weight is 355 g/mol. The van der Waals surface area contributed by atoms with Crippen LogP contribution in [-0.4, -0.2) is 7.11 Å². The van der Waals surface area contributed by atoms with Crippen molar-refractivity contribution in [2.45, 2.75) is 19.5 Å². The summed E-state index contributed by atoms with van der Waals surface area (Å²) in [6.07, 6.45) is 0. The highest BCUT2D eigenvalue weighted by atomic mass is 79.9. The Morgan fingerprint density at radius 3 is 2.70 bits per heavy atom. The standard InChI is InChI=1S/C16H17BrClNO/c1-11(13-5-3-4-6-16(13)20-2)19-10-12-7-8-14(17)15(18)9-12/h3-9,11,19H,10H2,1-2H3. The lowest BCUT2D eigenvalue weighted by atomic mass is 10.1. The first-order valence-corrected chi connectivity index (χ1v) is 7.59. The van der Waals surface area contributed by atoms with Gasteiger partial charge in [-0.1, -0.05) is 35.9 Å². The lowest BCUT2D eigenvalue weighted by Crippen LogP contribution is -2.18. The van der Waals surface area contributed by atoms with Crippen LogP contribution in [0.25, 0.3) is 0 Å². The molecule has 0 aliphatic carbocycles. The smallest absolute Gasteiger partial charge is 0.123 e. The molecule has 4 heteroatoms. The molecule has 106 valence electrons. The third-order valence-electron chi connectivity index (χ3n) is 3.20. The second-order valence-corrected chi connectivity index (χ2v) is 5.85. The summed E-state index contributed by atoms with van der Waals surface area (Å²) >= 11 is 9.50. The second-order valence-electron chi connectivity index (χ2n) is 4.59. The van der Waals surface area contributed by atoms with Gasteiger partial charge in [0.2, 0.25) is 0 Å². The van der Waals surface area contributed by atoms with E-state index >= 15 is 0 Å². The molecule has 1 unspecified atom stereocenters. The van der Waals surface area contributed by atoms with E-state index in [9.17, 15) is 0 Å². The molecule has 1 atom stereocenters. The summed E-state index contributed by atoms with van der Waals surface area (Å²) in [6, 6.07) is 14.2. The maximum atomic E-state index is 6.10. The third kappa shape index (κ3) is 3.75. The van der Waals surface area contributed by atoms with Crippen molar-refractivity contribution in [3.63, 3.8) is 0 Å². The molecule has 2 aromatic carbocycles. The molecule has 2 nitrogen and oxygen atoms in total. The summed E-state index contributed by atoms with van der Waals surface area (Å²) in [5.74, 6) is 0.904. The summed E-state index contributed by atoms with van der Waals surface area (Å²) in [4.78, 5) is 0. The number of hydrogen-bond donors (Lipinski definition) is 1. The molecule has 0 bridgehead atoms. The van der Waals surface area contributed by atoms with E-state index in [0.29, 0.717) is 0 Å². The van der Waals surface area contributed by atoms with Crippen LogP contribution in [0.3, 0.4) is 0 Å². The largest absolute Gasteiger partial charge is 0.496 e. The number of ether oxygens (including phenoxy) is 1. The van der Waals surface area contributed by atoms with E-state index in [2.05, 4.69) is 40.3 Å². The van der Waals surface area contributed by atoms with E-state index in [-0.39, 0.29) is 6.04 Å². The zero-order chi connectivity index (χ0) is 14.5. The van der Waals surface area contributed by atoms with Crippen molar-refractivity contribution in [2.24, 2.45) is 0 Å². The van der Waals surface area contributed by atoms with Gasteiger partial charge in [0.25, 0.3) is 0 Å². The Bertz CT molecular complexity index is 588. The number of para-hydroxylation sites is 1. The SMILES string of the molecule is COc1ccccc1C(C)NCc1ccc(Br)c(Cl)c1. The first kappa shape index (κ1) is 15.4. The Labute approximate surface area is 133 Å². The zero-order valence-corrected chi connectivity index (χ0v) is 13.8. The first-order valence-electron chi connectivity index (χ1n) is 6.42. The van der Waals surface area contributed by atoms with Gasteiger partial charge in [0.15, 0.2) is 0 Å². The van der Waals surface area contributed by atoms with Crippen molar-refractivity contribution in [2.75, 3.05) is 7.11 Å². The highest BCUT2D eigenvalue weighted by molar-refractivity contribution is 9.10. The molecule has 0 saturated carbocycles. The normalized spacial score (nSPS) is 12.2. The van der Waals surface area contributed by atoms with E-state index in [1.807, 2.05) is 30.3 Å². The summed E-state index contributed by atoms with van der Waals surface area (Å²) in [6.45, 7) is 2.88. The summed E-state index contributed by atoms with van der Waals surface area (Å²) in [7, 11) is 1.69. The molecule has 0 spiro atoms. The molecule has 2 aromatic rings. The minimum absolute atomic E-state index is 0.202. The fourth-order valence-electron chi connectivity index (χ4n) is 2.05. The highest BCUT2D eigenvalue weighted by Gasteiger charge is 2.10. The molecule has 1 N–H and O–H groups in total. The van der Waals surface area contributed by atoms with Crippen LogP contribution in [-0.2, 0) is 6.54 Å². The molecule has 0 heterocycles. The second kappa shape index (κ2) is 7.11. The number of nitrogens with one attached hydrogen (secondary N) is 1. The molecule has 0 saturated heterocycles. The molecule has 0 aliphatic heterocycles. The summed E-state index contributed by atoms with van der Waals surface area (Å²) < 4.78 is 6.30. The van der Waals surface area contributed by atoms with Gasteiger partial charge in [0, 0.05) is 22.6 Å². The number of methoxy groups -OCH3 is 1. The van der Waals surface area contributed by atoms with Crippen LogP contribution in [0.15, 0.2) is 46.9 Å². The van der Waals surface area contributed by atoms with Gasteiger partial charge in [-0.3, -0.25) is 0 Å². The predicted molar refractivity (Wildman–Crippen MR) is 87.4 cm³/mol. The van der Waals surface area contributed by atoms with Crippen LogP contribution >= 0.6 is 27.5 Å². The van der Waals surface area contributed by atoms with Crippen molar-refractivity contribution >= 4 is 27.5 Å². The number of hydrogen-bond acceptors (Lipinski definition) is 2. The minimum atomic E-state index is 0.202. The molecule has 0 radical (unpaired) electrons. The average Bonchev–Trinajstić information content (AvgIpc) is 2.48. The molecular formula is C16H17BrClNO. The van der Waals surface area contributed by atoms with Gasteiger partial charge in [-0.15, -0.1) is 0 Å². The maximum absolute atomic E-state index is 6.10. The fourth-order valence-corrected chi connectivity index (χ4v) is 2.50. The van der Waals surface area contributed by atoms with E-state index in [1.165, 1.54) is 0 Å². The van der Waals surface area contributed by atoms with Gasteiger partial charge < -0.3 is 10.1 Å². The van der Waals surface area contributed by atoms with Crippen molar-refractivity contribution in [1.82, 2.24) is 5.32 Å². The van der Waals surface area contributed by atoms with Gasteiger partial charge in [-0.05, 0) is 46.6 Å². The predicted octanol–water partition coefficient (Wildman–Crippen LogP) is 4.96. The van der Waals surface area contributed by atoms with Crippen molar-refractivity contribution in [3.05, 3.63) is 63.1 Å². The Balaban J connectivity index is 2.04. The topological polar surface area (TPSA) is 21.3 Å². The van der Waals surface area contributed by atoms with Crippen LogP contribution in [0.1, 0.15) is 24.1 Å². The van der Waals surface area contributed by atoms with Gasteiger partial charge >= 0.3 is 0 Å². The van der Waals surface area contributed by atoms with Crippen LogP contribution in [0.2, 0.25) is 5.02 Å². The van der Waals surface area contributed by atoms with Crippen LogP contribution < -0.4 is 10.1 Å². The Morgan fingerprint density at radius 2 is 2.00 bits per heavy atom. The van der Waals surface area contributed by atoms with E-state index in [4.69, 9.17) is 16.3 Å². The Kier molecular flexibility index (Phi) is 5.46. The zero-order valence-electron chi connectivity index (χ0n) is 11.5. The van der Waals surface area contributed by atoms with Gasteiger partial charge in [-0.2, -0.15) is 0 Å². The van der Waals surface area contributed by atoms with Crippen LogP contribution in [0.5, 0.6) is 5.75 Å². The quantitative estimate of drug-likeness (QED) is 0.819. The minimum Gasteiger partial charge on any atom is -0.496 e. The van der Waals surface area contributed by atoms with Gasteiger partial charge in [0.1, 0.15) is 5.75 Å². The number of halogens is 2. The monoisotopic (exact) mass is 353 g/mol. The summed E-state index contributed by atoms with van der Waals surface area (Å²) in [5, 5.41) is 4.21. The summed E-state index contributed by atoms with van der Waals surface area (Å²) in [5.41, 5.74) is 2.30. The van der Waals surface area contributed by atoms with Gasteiger partial charge in [0.05, 0.1) is 12.1 Å².